The van der Waals surface area contributed by atoms with E-state index in [0.29, 0.717) is 19.3 Å². The fraction of sp³-hybridized carbons (Fsp3) is 0.375. The van der Waals surface area contributed by atoms with Crippen LogP contribution in [-0.4, -0.2) is 15.8 Å². The molecule has 0 unspecified atom stereocenters. The molecule has 0 aromatic carbocycles. The normalized spacial score (nSPS) is 15.8. The highest BCUT2D eigenvalue weighted by Gasteiger charge is 2.15. The van der Waals surface area contributed by atoms with Crippen molar-refractivity contribution in [3.05, 3.63) is 27.9 Å². The Morgan fingerprint density at radius 2 is 2.17 bits per heavy atom. The molecule has 1 aromatic rings. The van der Waals surface area contributed by atoms with Crippen LogP contribution in [0.15, 0.2) is 11.0 Å². The molecule has 0 saturated heterocycles. The number of carbonyl (C=O) groups excluding carboxylic acids is 1. The third-order valence-electron chi connectivity index (χ3n) is 2.02. The number of nitrogens with zero attached hydrogens (tertiary/aromatic N) is 1. The van der Waals surface area contributed by atoms with Crippen LogP contribution in [-0.2, 0) is 17.6 Å². The maximum absolute atomic E-state index is 11.0. The van der Waals surface area contributed by atoms with Gasteiger partial charge in [-0.25, -0.2) is 9.78 Å². The van der Waals surface area contributed by atoms with Crippen LogP contribution in [0.2, 0.25) is 0 Å². The highest BCUT2D eigenvalue weighted by Crippen LogP contribution is 2.13. The van der Waals surface area contributed by atoms with E-state index in [1.54, 1.807) is 0 Å². The molecule has 62 valence electrons. The summed E-state index contributed by atoms with van der Waals surface area (Å²) in [4.78, 5) is 28.0. The van der Waals surface area contributed by atoms with E-state index in [0.717, 1.165) is 11.3 Å². The first-order valence-electron chi connectivity index (χ1n) is 3.84. The summed E-state index contributed by atoms with van der Waals surface area (Å²) in [5.41, 5.74) is 1.41. The van der Waals surface area contributed by atoms with Crippen LogP contribution < -0.4 is 5.69 Å². The van der Waals surface area contributed by atoms with Crippen molar-refractivity contribution in [3.63, 3.8) is 0 Å². The summed E-state index contributed by atoms with van der Waals surface area (Å²) in [5.74, 6) is 0.219. The van der Waals surface area contributed by atoms with Gasteiger partial charge in [0.2, 0.25) is 0 Å². The van der Waals surface area contributed by atoms with E-state index in [4.69, 9.17) is 0 Å². The van der Waals surface area contributed by atoms with Gasteiger partial charge in [0.05, 0.1) is 0 Å². The Bertz CT molecular complexity index is 381. The maximum Gasteiger partial charge on any atom is 0.345 e. The van der Waals surface area contributed by atoms with Gasteiger partial charge in [0.25, 0.3) is 0 Å². The smallest absolute Gasteiger partial charge is 0.310 e. The topological polar surface area (TPSA) is 62.8 Å². The summed E-state index contributed by atoms with van der Waals surface area (Å²) in [6.07, 6.45) is 3.09. The summed E-state index contributed by atoms with van der Waals surface area (Å²) in [5, 5.41) is 0. The highest BCUT2D eigenvalue weighted by molar-refractivity contribution is 5.82. The van der Waals surface area contributed by atoms with Gasteiger partial charge in [0.1, 0.15) is 5.78 Å². The van der Waals surface area contributed by atoms with Crippen molar-refractivity contribution < 1.29 is 4.79 Å². The number of aromatic amines is 1. The number of Topliss-reactive ketones (excluding diaryl/α,β-unsaturated/α-hetero) is 1. The molecular formula is C8H8N2O2. The second-order valence-electron chi connectivity index (χ2n) is 2.91. The average Bonchev–Trinajstić information content (AvgIpc) is 2.05. The molecule has 1 aromatic heterocycles. The predicted octanol–water partition coefficient (Wildman–Crippen LogP) is -0.172. The number of ketones is 1. The zero-order chi connectivity index (χ0) is 8.55. The van der Waals surface area contributed by atoms with Crippen molar-refractivity contribution in [1.29, 1.82) is 0 Å². The molecule has 4 heteroatoms. The van der Waals surface area contributed by atoms with Crippen LogP contribution >= 0.6 is 0 Å². The Labute approximate surface area is 68.6 Å². The van der Waals surface area contributed by atoms with Gasteiger partial charge in [0.15, 0.2) is 0 Å². The largest absolute Gasteiger partial charge is 0.345 e. The monoisotopic (exact) mass is 164 g/mol. The van der Waals surface area contributed by atoms with Crippen molar-refractivity contribution in [2.24, 2.45) is 0 Å². The minimum atomic E-state index is -0.330. The van der Waals surface area contributed by atoms with Crippen LogP contribution in [0.1, 0.15) is 17.7 Å². The van der Waals surface area contributed by atoms with E-state index < -0.39 is 0 Å². The molecule has 1 aliphatic carbocycles. The minimum absolute atomic E-state index is 0.219. The molecule has 1 aliphatic rings. The molecule has 2 rings (SSSR count). The number of nitrogens with one attached hydrogen (secondary N) is 1. The van der Waals surface area contributed by atoms with E-state index in [1.165, 1.54) is 6.20 Å². The van der Waals surface area contributed by atoms with Crippen molar-refractivity contribution in [1.82, 2.24) is 9.97 Å². The van der Waals surface area contributed by atoms with Crippen molar-refractivity contribution in [2.45, 2.75) is 19.3 Å². The van der Waals surface area contributed by atoms with Gasteiger partial charge in [-0.3, -0.25) is 4.79 Å². The van der Waals surface area contributed by atoms with E-state index in [-0.39, 0.29) is 11.5 Å². The summed E-state index contributed by atoms with van der Waals surface area (Å²) >= 11 is 0. The summed E-state index contributed by atoms with van der Waals surface area (Å²) < 4.78 is 0. The van der Waals surface area contributed by atoms with Gasteiger partial charge in [-0.1, -0.05) is 0 Å². The van der Waals surface area contributed by atoms with Crippen LogP contribution in [0, 0.1) is 0 Å². The third-order valence-corrected chi connectivity index (χ3v) is 2.02. The maximum atomic E-state index is 11.0. The molecule has 1 heterocycles. The lowest BCUT2D eigenvalue weighted by molar-refractivity contribution is -0.118. The molecule has 0 atom stereocenters. The van der Waals surface area contributed by atoms with E-state index in [9.17, 15) is 9.59 Å². The Kier molecular flexibility index (Phi) is 1.53. The van der Waals surface area contributed by atoms with Gasteiger partial charge in [-0.2, -0.15) is 0 Å². The molecule has 0 fully saturated rings. The first kappa shape index (κ1) is 7.21. The quantitative estimate of drug-likeness (QED) is 0.579. The number of hydrogen-bond acceptors (Lipinski definition) is 3. The SMILES string of the molecule is O=C1CCc2[nH]c(=O)ncc2C1. The standard InChI is InChI=1S/C8H8N2O2/c11-6-1-2-7-5(3-6)4-9-8(12)10-7/h4H,1-3H2,(H,9,10,12). The van der Waals surface area contributed by atoms with Gasteiger partial charge in [-0.15, -0.1) is 0 Å². The fourth-order valence-electron chi connectivity index (χ4n) is 1.40. The lowest BCUT2D eigenvalue weighted by atomic mass is 9.96. The van der Waals surface area contributed by atoms with Gasteiger partial charge in [-0.05, 0) is 12.0 Å². The average molecular weight is 164 g/mol. The molecule has 0 aliphatic heterocycles. The van der Waals surface area contributed by atoms with E-state index >= 15 is 0 Å². The Hall–Kier alpha value is -1.45. The lowest BCUT2D eigenvalue weighted by Gasteiger charge is -2.12. The Morgan fingerprint density at radius 1 is 1.33 bits per heavy atom. The van der Waals surface area contributed by atoms with Crippen LogP contribution in [0.3, 0.4) is 0 Å². The number of fused-ring (bicyclic) bond motifs is 1. The van der Waals surface area contributed by atoms with Gasteiger partial charge < -0.3 is 4.98 Å². The van der Waals surface area contributed by atoms with E-state index in [2.05, 4.69) is 9.97 Å². The second-order valence-corrected chi connectivity index (χ2v) is 2.91. The van der Waals surface area contributed by atoms with Crippen LogP contribution in [0.25, 0.3) is 0 Å². The minimum Gasteiger partial charge on any atom is -0.310 e. The van der Waals surface area contributed by atoms with Crippen LogP contribution in [0.5, 0.6) is 0 Å². The molecule has 12 heavy (non-hydrogen) atoms. The Balaban J connectivity index is 2.49. The van der Waals surface area contributed by atoms with E-state index in [1.807, 2.05) is 0 Å². The van der Waals surface area contributed by atoms with Gasteiger partial charge in [0, 0.05) is 24.7 Å². The summed E-state index contributed by atoms with van der Waals surface area (Å²) in [6.45, 7) is 0. The molecule has 0 radical (unpaired) electrons. The third kappa shape index (κ3) is 1.15. The first-order chi connectivity index (χ1) is 5.75. The number of rotatable bonds is 0. The number of H-pyrrole nitrogens is 1. The summed E-state index contributed by atoms with van der Waals surface area (Å²) in [7, 11) is 0. The summed E-state index contributed by atoms with van der Waals surface area (Å²) in [6, 6.07) is 0. The molecule has 0 saturated carbocycles. The van der Waals surface area contributed by atoms with Crippen molar-refractivity contribution >= 4 is 5.78 Å². The second kappa shape index (κ2) is 2.55. The predicted molar refractivity (Wildman–Crippen MR) is 41.9 cm³/mol. The lowest BCUT2D eigenvalue weighted by Crippen LogP contribution is -2.21. The zero-order valence-electron chi connectivity index (χ0n) is 6.46. The number of carbonyl (C=O) groups is 1. The Morgan fingerprint density at radius 3 is 3.00 bits per heavy atom. The van der Waals surface area contributed by atoms with Gasteiger partial charge >= 0.3 is 5.69 Å². The molecule has 0 bridgehead atoms. The number of hydrogen-bond donors (Lipinski definition) is 1. The van der Waals surface area contributed by atoms with Crippen molar-refractivity contribution in [2.75, 3.05) is 0 Å². The number of aromatic nitrogens is 2. The highest BCUT2D eigenvalue weighted by atomic mass is 16.1. The zero-order valence-corrected chi connectivity index (χ0v) is 6.46. The molecule has 4 nitrogen and oxygen atoms in total. The van der Waals surface area contributed by atoms with Crippen molar-refractivity contribution in [3.8, 4) is 0 Å². The number of aryl methyl sites for hydroxylation is 1. The fourth-order valence-corrected chi connectivity index (χ4v) is 1.40. The molecule has 0 amide bonds. The molecule has 0 spiro atoms. The first-order valence-corrected chi connectivity index (χ1v) is 3.84. The molecular weight excluding hydrogens is 156 g/mol. The molecule has 1 N–H and O–H groups in total. The van der Waals surface area contributed by atoms with Crippen LogP contribution in [0.4, 0.5) is 0 Å².